The lowest BCUT2D eigenvalue weighted by Gasteiger charge is -2.34. The van der Waals surface area contributed by atoms with Crippen LogP contribution in [-0.4, -0.2) is 4.98 Å². The number of rotatable bonds is 7. The molecular formula is C68H48N2. The molecule has 2 aliphatic carbocycles. The van der Waals surface area contributed by atoms with Gasteiger partial charge in [0.05, 0.1) is 16.6 Å². The Hall–Kier alpha value is -8.72. The second kappa shape index (κ2) is 15.4. The Morgan fingerprint density at radius 3 is 1.73 bits per heavy atom. The van der Waals surface area contributed by atoms with Crippen LogP contribution in [0.15, 0.2) is 249 Å². The molecule has 14 rings (SSSR count). The van der Waals surface area contributed by atoms with Gasteiger partial charge in [-0.3, -0.25) is 0 Å². The molecule has 0 aliphatic heterocycles. The predicted octanol–water partition coefficient (Wildman–Crippen LogP) is 17.9. The van der Waals surface area contributed by atoms with Crippen molar-refractivity contribution >= 4 is 49.6 Å². The molecule has 2 nitrogen and oxygen atoms in total. The average Bonchev–Trinajstić information content (AvgIpc) is 4.03. The van der Waals surface area contributed by atoms with Gasteiger partial charge in [-0.15, -0.1) is 0 Å². The summed E-state index contributed by atoms with van der Waals surface area (Å²) >= 11 is 0. The van der Waals surface area contributed by atoms with E-state index >= 15 is 0 Å². The quantitative estimate of drug-likeness (QED) is 0.169. The van der Waals surface area contributed by atoms with Crippen LogP contribution < -0.4 is 4.90 Å². The zero-order chi connectivity index (χ0) is 46.6. The normalized spacial score (nSPS) is 13.8. The Morgan fingerprint density at radius 1 is 0.357 bits per heavy atom. The summed E-state index contributed by atoms with van der Waals surface area (Å²) in [5.41, 5.74) is 22.7. The first-order valence-electron chi connectivity index (χ1n) is 24.5. The fraction of sp³-hybridized carbons (Fsp3) is 0.0588. The number of anilines is 3. The van der Waals surface area contributed by atoms with Gasteiger partial charge in [0.15, 0.2) is 0 Å². The molecule has 0 unspecified atom stereocenters. The van der Waals surface area contributed by atoms with Gasteiger partial charge >= 0.3 is 0 Å². The fourth-order valence-electron chi connectivity index (χ4n) is 12.4. The molecule has 330 valence electrons. The molecule has 1 aromatic heterocycles. The van der Waals surface area contributed by atoms with E-state index in [-0.39, 0.29) is 5.41 Å². The minimum absolute atomic E-state index is 0.248. The van der Waals surface area contributed by atoms with Gasteiger partial charge < -0.3 is 9.88 Å². The van der Waals surface area contributed by atoms with E-state index in [1.165, 1.54) is 99.4 Å². The Kier molecular flexibility index (Phi) is 8.88. The highest BCUT2D eigenvalue weighted by Gasteiger charge is 2.47. The lowest BCUT2D eigenvalue weighted by atomic mass is 9.68. The molecule has 1 N–H and O–H groups in total. The molecule has 0 bridgehead atoms. The van der Waals surface area contributed by atoms with Gasteiger partial charge in [-0.05, 0) is 126 Å². The summed E-state index contributed by atoms with van der Waals surface area (Å²) in [6, 6.07) is 92.6. The second-order valence-corrected chi connectivity index (χ2v) is 19.7. The summed E-state index contributed by atoms with van der Waals surface area (Å²) in [6.45, 7) is 4.81. The van der Waals surface area contributed by atoms with E-state index in [4.69, 9.17) is 0 Å². The van der Waals surface area contributed by atoms with Gasteiger partial charge in [0.2, 0.25) is 0 Å². The number of benzene rings is 11. The van der Waals surface area contributed by atoms with Crippen LogP contribution in [-0.2, 0) is 10.8 Å². The van der Waals surface area contributed by atoms with Gasteiger partial charge in [-0.1, -0.05) is 214 Å². The van der Waals surface area contributed by atoms with Crippen molar-refractivity contribution in [3.63, 3.8) is 0 Å². The van der Waals surface area contributed by atoms with E-state index in [1.807, 2.05) is 0 Å². The Balaban J connectivity index is 0.965. The third-order valence-electron chi connectivity index (χ3n) is 15.7. The number of hydrogen-bond donors (Lipinski definition) is 1. The van der Waals surface area contributed by atoms with E-state index < -0.39 is 5.41 Å². The number of nitrogens with one attached hydrogen (secondary N) is 1. The van der Waals surface area contributed by atoms with E-state index in [0.29, 0.717) is 0 Å². The van der Waals surface area contributed by atoms with Crippen molar-refractivity contribution < 1.29 is 0 Å². The zero-order valence-electron chi connectivity index (χ0n) is 39.1. The standard InChI is InChI=1S/C68H48N2/c1-67(2)61-42-48(47-32-31-44-17-9-10-18-46(44)41-47)35-39-54(61)55-40-38-52(43-62(55)67)70(51-36-33-45(34-37-51)53-25-15-26-57-56-23-12-14-29-63(56)69-66(53)57)64-30-16-28-60-65(64)58-24-11-13-27-59(58)68(60,49-19-5-3-6-20-49)50-21-7-4-8-22-50/h3-43,69H,1-2H3. The second-order valence-electron chi connectivity index (χ2n) is 19.7. The molecule has 0 saturated carbocycles. The number of para-hydroxylation sites is 2. The van der Waals surface area contributed by atoms with E-state index in [2.05, 4.69) is 272 Å². The molecule has 12 aromatic rings. The van der Waals surface area contributed by atoms with Crippen LogP contribution in [0.25, 0.3) is 77.1 Å². The summed E-state index contributed by atoms with van der Waals surface area (Å²) in [5.74, 6) is 0. The summed E-state index contributed by atoms with van der Waals surface area (Å²) in [7, 11) is 0. The number of fused-ring (bicyclic) bond motifs is 10. The van der Waals surface area contributed by atoms with Crippen molar-refractivity contribution in [3.05, 3.63) is 282 Å². The Bertz CT molecular complexity index is 3990. The maximum absolute atomic E-state index is 3.75. The van der Waals surface area contributed by atoms with Gasteiger partial charge in [0, 0.05) is 44.2 Å². The molecular weight excluding hydrogens is 845 g/mol. The largest absolute Gasteiger partial charge is 0.354 e. The summed E-state index contributed by atoms with van der Waals surface area (Å²) in [6.07, 6.45) is 0. The van der Waals surface area contributed by atoms with Crippen molar-refractivity contribution in [2.75, 3.05) is 4.90 Å². The molecule has 11 aromatic carbocycles. The summed E-state index contributed by atoms with van der Waals surface area (Å²) < 4.78 is 0. The third kappa shape index (κ3) is 5.87. The number of nitrogens with zero attached hydrogens (tertiary/aromatic N) is 1. The number of aromatic amines is 1. The van der Waals surface area contributed by atoms with Crippen LogP contribution >= 0.6 is 0 Å². The molecule has 0 fully saturated rings. The molecule has 0 radical (unpaired) electrons. The van der Waals surface area contributed by atoms with E-state index in [1.54, 1.807) is 0 Å². The summed E-state index contributed by atoms with van der Waals surface area (Å²) in [4.78, 5) is 6.28. The molecule has 2 aliphatic rings. The van der Waals surface area contributed by atoms with E-state index in [0.717, 1.165) is 28.1 Å². The van der Waals surface area contributed by atoms with Crippen molar-refractivity contribution in [1.29, 1.82) is 0 Å². The first-order valence-corrected chi connectivity index (χ1v) is 24.5. The first-order chi connectivity index (χ1) is 34.5. The van der Waals surface area contributed by atoms with Crippen LogP contribution in [0, 0.1) is 0 Å². The van der Waals surface area contributed by atoms with Crippen LogP contribution in [0.2, 0.25) is 0 Å². The SMILES string of the molecule is CC1(C)c2cc(-c3ccc4ccccc4c3)ccc2-c2ccc(N(c3ccc(-c4cccc5c4[nH]c4ccccc45)cc3)c3cccc4c3-c3ccccc3C4(c3ccccc3)c3ccccc3)cc21. The monoisotopic (exact) mass is 892 g/mol. The third-order valence-corrected chi connectivity index (χ3v) is 15.7. The highest BCUT2D eigenvalue weighted by molar-refractivity contribution is 6.12. The van der Waals surface area contributed by atoms with Crippen molar-refractivity contribution in [2.45, 2.75) is 24.7 Å². The number of aromatic nitrogens is 1. The van der Waals surface area contributed by atoms with E-state index in [9.17, 15) is 0 Å². The molecule has 0 amide bonds. The lowest BCUT2D eigenvalue weighted by molar-refractivity contribution is 0.660. The predicted molar refractivity (Wildman–Crippen MR) is 294 cm³/mol. The van der Waals surface area contributed by atoms with Gasteiger partial charge in [-0.25, -0.2) is 0 Å². The maximum Gasteiger partial charge on any atom is 0.0714 e. The van der Waals surface area contributed by atoms with Gasteiger partial charge in [0.25, 0.3) is 0 Å². The Labute approximate surface area is 408 Å². The summed E-state index contributed by atoms with van der Waals surface area (Å²) in [5, 5.41) is 5.00. The first kappa shape index (κ1) is 40.4. The topological polar surface area (TPSA) is 19.0 Å². The van der Waals surface area contributed by atoms with Gasteiger partial charge in [0.1, 0.15) is 0 Å². The minimum atomic E-state index is -0.525. The van der Waals surface area contributed by atoms with Crippen molar-refractivity contribution in [3.8, 4) is 44.5 Å². The fourth-order valence-corrected chi connectivity index (χ4v) is 12.4. The molecule has 1 heterocycles. The maximum atomic E-state index is 3.75. The molecule has 0 atom stereocenters. The smallest absolute Gasteiger partial charge is 0.0714 e. The lowest BCUT2D eigenvalue weighted by Crippen LogP contribution is -2.28. The van der Waals surface area contributed by atoms with Gasteiger partial charge in [-0.2, -0.15) is 0 Å². The van der Waals surface area contributed by atoms with Crippen molar-refractivity contribution in [1.82, 2.24) is 4.98 Å². The minimum Gasteiger partial charge on any atom is -0.354 e. The highest BCUT2D eigenvalue weighted by atomic mass is 15.1. The Morgan fingerprint density at radius 2 is 0.929 bits per heavy atom. The van der Waals surface area contributed by atoms with Crippen LogP contribution in [0.5, 0.6) is 0 Å². The number of hydrogen-bond acceptors (Lipinski definition) is 1. The average molecular weight is 893 g/mol. The molecule has 70 heavy (non-hydrogen) atoms. The molecule has 0 saturated heterocycles. The van der Waals surface area contributed by atoms with Crippen LogP contribution in [0.3, 0.4) is 0 Å². The van der Waals surface area contributed by atoms with Crippen molar-refractivity contribution in [2.24, 2.45) is 0 Å². The molecule has 0 spiro atoms. The molecule has 2 heteroatoms. The van der Waals surface area contributed by atoms with Crippen LogP contribution in [0.1, 0.15) is 47.2 Å². The number of H-pyrrole nitrogens is 1. The highest BCUT2D eigenvalue weighted by Crippen LogP contribution is 2.60. The van der Waals surface area contributed by atoms with Crippen LogP contribution in [0.4, 0.5) is 17.1 Å². The zero-order valence-corrected chi connectivity index (χ0v) is 39.1.